The second-order valence-corrected chi connectivity index (χ2v) is 6.92. The summed E-state index contributed by atoms with van der Waals surface area (Å²) in [6.45, 7) is 0.278. The molecule has 0 spiro atoms. The minimum Gasteiger partial charge on any atom is -0.497 e. The zero-order valence-corrected chi connectivity index (χ0v) is 17.6. The lowest BCUT2D eigenvalue weighted by Crippen LogP contribution is -2.34. The lowest BCUT2D eigenvalue weighted by molar-refractivity contribution is -0.137. The normalized spacial score (nSPS) is 11.2. The van der Waals surface area contributed by atoms with E-state index in [1.54, 1.807) is 31.4 Å². The van der Waals surface area contributed by atoms with Crippen LogP contribution in [0.2, 0.25) is 0 Å². The number of hydrogen-bond donors (Lipinski definition) is 2. The molecular formula is C22H21F3N4O4. The molecule has 33 heavy (non-hydrogen) atoms. The summed E-state index contributed by atoms with van der Waals surface area (Å²) in [5.74, 6) is 0.609. The molecule has 0 saturated heterocycles. The van der Waals surface area contributed by atoms with E-state index in [0.29, 0.717) is 17.5 Å². The van der Waals surface area contributed by atoms with Gasteiger partial charge in [0.05, 0.1) is 12.7 Å². The van der Waals surface area contributed by atoms with Gasteiger partial charge in [0.2, 0.25) is 17.6 Å². The Morgan fingerprint density at radius 2 is 1.67 bits per heavy atom. The van der Waals surface area contributed by atoms with E-state index in [-0.39, 0.29) is 37.4 Å². The molecule has 0 aliphatic carbocycles. The summed E-state index contributed by atoms with van der Waals surface area (Å²) in [6, 6.07) is 11.0. The number of carbonyl (C=O) groups excluding carboxylic acids is 2. The second kappa shape index (κ2) is 10.6. The van der Waals surface area contributed by atoms with E-state index >= 15 is 0 Å². The first kappa shape index (κ1) is 23.8. The van der Waals surface area contributed by atoms with Crippen molar-refractivity contribution >= 4 is 11.8 Å². The van der Waals surface area contributed by atoms with Crippen molar-refractivity contribution in [1.82, 2.24) is 20.8 Å². The fraction of sp³-hybridized carbons (Fsp3) is 0.273. The Labute approximate surface area is 187 Å². The third kappa shape index (κ3) is 6.79. The minimum atomic E-state index is -4.46. The Morgan fingerprint density at radius 3 is 2.30 bits per heavy atom. The average Bonchev–Trinajstić information content (AvgIpc) is 3.29. The van der Waals surface area contributed by atoms with Crippen LogP contribution in [0.5, 0.6) is 5.75 Å². The number of benzene rings is 2. The highest BCUT2D eigenvalue weighted by atomic mass is 19.4. The molecule has 0 aliphatic rings. The van der Waals surface area contributed by atoms with E-state index < -0.39 is 17.6 Å². The van der Waals surface area contributed by atoms with Crippen LogP contribution in [0.1, 0.15) is 28.2 Å². The molecule has 0 bridgehead atoms. The van der Waals surface area contributed by atoms with E-state index in [1.165, 1.54) is 0 Å². The molecular weight excluding hydrogens is 441 g/mol. The fourth-order valence-corrected chi connectivity index (χ4v) is 2.81. The highest BCUT2D eigenvalue weighted by Crippen LogP contribution is 2.29. The standard InChI is InChI=1S/C22H21F3N4O4/c1-32-17-8-4-14(5-9-17)20-28-19(33-29-20)11-10-18(30)26-12-13-27-21(31)15-2-6-16(7-3-15)22(23,24)25/h2-9H,10-13H2,1H3,(H,26,30)(H,27,31). The first-order valence-electron chi connectivity index (χ1n) is 9.95. The number of rotatable bonds is 9. The molecule has 0 fully saturated rings. The second-order valence-electron chi connectivity index (χ2n) is 6.92. The van der Waals surface area contributed by atoms with Gasteiger partial charge in [0.15, 0.2) is 0 Å². The van der Waals surface area contributed by atoms with E-state index in [1.807, 2.05) is 0 Å². The van der Waals surface area contributed by atoms with Crippen molar-refractivity contribution in [2.45, 2.75) is 19.0 Å². The molecule has 3 aromatic rings. The van der Waals surface area contributed by atoms with Crippen LogP contribution >= 0.6 is 0 Å². The topological polar surface area (TPSA) is 106 Å². The van der Waals surface area contributed by atoms with Crippen LogP contribution in [-0.4, -0.2) is 42.2 Å². The van der Waals surface area contributed by atoms with Crippen molar-refractivity contribution in [2.75, 3.05) is 20.2 Å². The van der Waals surface area contributed by atoms with E-state index in [0.717, 1.165) is 29.8 Å². The molecule has 2 aromatic carbocycles. The predicted octanol–water partition coefficient (Wildman–Crippen LogP) is 3.24. The zero-order chi connectivity index (χ0) is 23.8. The molecule has 2 amide bonds. The van der Waals surface area contributed by atoms with Crippen molar-refractivity contribution in [3.8, 4) is 17.1 Å². The van der Waals surface area contributed by atoms with Crippen molar-refractivity contribution in [3.63, 3.8) is 0 Å². The van der Waals surface area contributed by atoms with Gasteiger partial charge >= 0.3 is 6.18 Å². The molecule has 174 valence electrons. The number of nitrogens with one attached hydrogen (secondary N) is 2. The summed E-state index contributed by atoms with van der Waals surface area (Å²) in [6.07, 6.45) is -4.11. The van der Waals surface area contributed by atoms with Gasteiger partial charge in [0.25, 0.3) is 5.91 Å². The van der Waals surface area contributed by atoms with Crippen LogP contribution < -0.4 is 15.4 Å². The number of carbonyl (C=O) groups is 2. The van der Waals surface area contributed by atoms with Crippen LogP contribution in [0.25, 0.3) is 11.4 Å². The molecule has 8 nitrogen and oxygen atoms in total. The Morgan fingerprint density at radius 1 is 1.00 bits per heavy atom. The first-order valence-corrected chi connectivity index (χ1v) is 9.95. The number of hydrogen-bond acceptors (Lipinski definition) is 6. The van der Waals surface area contributed by atoms with Crippen LogP contribution in [0, 0.1) is 0 Å². The molecule has 0 atom stereocenters. The van der Waals surface area contributed by atoms with Crippen molar-refractivity contribution in [3.05, 3.63) is 65.5 Å². The quantitative estimate of drug-likeness (QED) is 0.473. The van der Waals surface area contributed by atoms with Gasteiger partial charge in [-0.25, -0.2) is 0 Å². The number of halogens is 3. The fourth-order valence-electron chi connectivity index (χ4n) is 2.81. The third-order valence-electron chi connectivity index (χ3n) is 4.59. The highest BCUT2D eigenvalue weighted by Gasteiger charge is 2.30. The Balaban J connectivity index is 1.37. The van der Waals surface area contributed by atoms with E-state index in [9.17, 15) is 22.8 Å². The minimum absolute atomic E-state index is 0.0957. The Bertz CT molecular complexity index is 1080. The molecule has 1 heterocycles. The molecule has 1 aromatic heterocycles. The lowest BCUT2D eigenvalue weighted by atomic mass is 10.1. The summed E-state index contributed by atoms with van der Waals surface area (Å²) in [5.41, 5.74) is 0.0149. The molecule has 0 unspecified atom stereocenters. The summed E-state index contributed by atoms with van der Waals surface area (Å²) in [4.78, 5) is 28.2. The van der Waals surface area contributed by atoms with Gasteiger partial charge in [-0.1, -0.05) is 5.16 Å². The monoisotopic (exact) mass is 462 g/mol. The summed E-state index contributed by atoms with van der Waals surface area (Å²) in [5, 5.41) is 9.06. The maximum absolute atomic E-state index is 12.6. The van der Waals surface area contributed by atoms with Gasteiger partial charge in [-0.05, 0) is 48.5 Å². The van der Waals surface area contributed by atoms with Crippen molar-refractivity contribution < 1.29 is 32.0 Å². The van der Waals surface area contributed by atoms with Crippen LogP contribution in [0.4, 0.5) is 13.2 Å². The molecule has 3 rings (SSSR count). The van der Waals surface area contributed by atoms with Crippen molar-refractivity contribution in [1.29, 1.82) is 0 Å². The number of amides is 2. The van der Waals surface area contributed by atoms with Crippen molar-refractivity contribution in [2.24, 2.45) is 0 Å². The summed E-state index contributed by atoms with van der Waals surface area (Å²) >= 11 is 0. The average molecular weight is 462 g/mol. The number of alkyl halides is 3. The van der Waals surface area contributed by atoms with Gasteiger partial charge < -0.3 is 19.9 Å². The maximum Gasteiger partial charge on any atom is 0.416 e. The largest absolute Gasteiger partial charge is 0.497 e. The number of aryl methyl sites for hydroxylation is 1. The van der Waals surface area contributed by atoms with Crippen LogP contribution in [-0.2, 0) is 17.4 Å². The molecule has 0 aliphatic heterocycles. The van der Waals surface area contributed by atoms with Gasteiger partial charge in [-0.15, -0.1) is 0 Å². The van der Waals surface area contributed by atoms with Crippen LogP contribution in [0.3, 0.4) is 0 Å². The maximum atomic E-state index is 12.6. The first-order chi connectivity index (χ1) is 15.8. The van der Waals surface area contributed by atoms with Gasteiger partial charge in [0.1, 0.15) is 5.75 Å². The SMILES string of the molecule is COc1ccc(-c2noc(CCC(=O)NCCNC(=O)c3ccc(C(F)(F)F)cc3)n2)cc1. The molecule has 0 saturated carbocycles. The smallest absolute Gasteiger partial charge is 0.416 e. The Hall–Kier alpha value is -3.89. The summed E-state index contributed by atoms with van der Waals surface area (Å²) in [7, 11) is 1.57. The van der Waals surface area contributed by atoms with Crippen LogP contribution in [0.15, 0.2) is 53.1 Å². The van der Waals surface area contributed by atoms with Gasteiger partial charge in [-0.2, -0.15) is 18.2 Å². The molecule has 2 N–H and O–H groups in total. The van der Waals surface area contributed by atoms with E-state index in [2.05, 4.69) is 20.8 Å². The zero-order valence-electron chi connectivity index (χ0n) is 17.6. The number of aromatic nitrogens is 2. The summed E-state index contributed by atoms with van der Waals surface area (Å²) < 4.78 is 47.9. The van der Waals surface area contributed by atoms with Gasteiger partial charge in [-0.3, -0.25) is 9.59 Å². The van der Waals surface area contributed by atoms with E-state index in [4.69, 9.17) is 9.26 Å². The highest BCUT2D eigenvalue weighted by molar-refractivity contribution is 5.94. The predicted molar refractivity (Wildman–Crippen MR) is 111 cm³/mol. The lowest BCUT2D eigenvalue weighted by Gasteiger charge is -2.09. The number of nitrogens with zero attached hydrogens (tertiary/aromatic N) is 2. The molecule has 11 heteroatoms. The number of methoxy groups -OCH3 is 1. The molecule has 0 radical (unpaired) electrons. The Kier molecular flexibility index (Phi) is 7.65. The third-order valence-corrected chi connectivity index (χ3v) is 4.59. The number of ether oxygens (including phenoxy) is 1. The van der Waals surface area contributed by atoms with Gasteiger partial charge in [0, 0.05) is 37.1 Å².